The van der Waals surface area contributed by atoms with Crippen molar-refractivity contribution in [1.29, 1.82) is 0 Å². The summed E-state index contributed by atoms with van der Waals surface area (Å²) in [5, 5.41) is 20.9. The summed E-state index contributed by atoms with van der Waals surface area (Å²) in [6.45, 7) is 2.16. The van der Waals surface area contributed by atoms with Crippen LogP contribution in [0.3, 0.4) is 0 Å². The number of H-pyrrole nitrogens is 1. The fourth-order valence-corrected chi connectivity index (χ4v) is 7.20. The molecule has 0 saturated carbocycles. The summed E-state index contributed by atoms with van der Waals surface area (Å²) in [7, 11) is 3.77. The first-order valence-electron chi connectivity index (χ1n) is 12.1. The predicted octanol–water partition coefficient (Wildman–Crippen LogP) is 5.30. The van der Waals surface area contributed by atoms with Crippen molar-refractivity contribution in [2.75, 3.05) is 14.2 Å². The van der Waals surface area contributed by atoms with Gasteiger partial charge in [0.1, 0.15) is 12.3 Å². The molecule has 8 rings (SSSR count). The number of aromatic nitrogens is 3. The van der Waals surface area contributed by atoms with Crippen LogP contribution in [-0.2, 0) is 15.2 Å². The second-order valence-electron chi connectivity index (χ2n) is 10.0. The van der Waals surface area contributed by atoms with Crippen molar-refractivity contribution in [3.05, 3.63) is 54.7 Å². The van der Waals surface area contributed by atoms with Gasteiger partial charge < -0.3 is 34.0 Å². The van der Waals surface area contributed by atoms with E-state index in [1.165, 1.54) is 0 Å². The number of benzene rings is 3. The average Bonchev–Trinajstić information content (AvgIpc) is 3.51. The van der Waals surface area contributed by atoms with Gasteiger partial charge in [0.25, 0.3) is 0 Å². The van der Waals surface area contributed by atoms with Crippen molar-refractivity contribution in [1.82, 2.24) is 19.4 Å². The van der Waals surface area contributed by atoms with Crippen molar-refractivity contribution in [2.45, 2.75) is 37.4 Å². The van der Waals surface area contributed by atoms with Gasteiger partial charge in [-0.1, -0.05) is 36.4 Å². The topological polar surface area (TPSA) is 76.4 Å². The maximum absolute atomic E-state index is 11.1. The summed E-state index contributed by atoms with van der Waals surface area (Å²) in [5.41, 5.74) is 3.66. The zero-order valence-corrected chi connectivity index (χ0v) is 19.8. The standard InChI is InChI=1S/C28H26N4O3/c1-28-26(34-3)17(29-2)12-20(35-28)31-18-10-6-4-8-14(18)22-23-16(13-30-27(23)33)21-15-9-5-7-11-19(15)32(28)25(21)24(22)31/h4-11,13,17,20,26,29-30,33H,12H2,1-3H3/t17-,20+,26-,28-/m1/s1. The minimum Gasteiger partial charge on any atom is -0.494 e. The number of nitrogens with one attached hydrogen (secondary N) is 2. The van der Waals surface area contributed by atoms with Gasteiger partial charge in [0.15, 0.2) is 11.6 Å². The van der Waals surface area contributed by atoms with E-state index in [0.29, 0.717) is 0 Å². The molecule has 35 heavy (non-hydrogen) atoms. The van der Waals surface area contributed by atoms with E-state index in [2.05, 4.69) is 74.9 Å². The summed E-state index contributed by atoms with van der Waals surface area (Å²) in [6, 6.07) is 17.0. The molecule has 3 aromatic heterocycles. The van der Waals surface area contributed by atoms with Crippen LogP contribution in [0.25, 0.3) is 54.4 Å². The van der Waals surface area contributed by atoms with Gasteiger partial charge in [-0.05, 0) is 26.1 Å². The molecule has 0 unspecified atom stereocenters. The lowest BCUT2D eigenvalue weighted by molar-refractivity contribution is -0.256. The first kappa shape index (κ1) is 19.8. The molecule has 6 aromatic rings. The molecule has 176 valence electrons. The molecule has 7 heteroatoms. The Kier molecular flexibility index (Phi) is 3.60. The van der Waals surface area contributed by atoms with Gasteiger partial charge in [-0.15, -0.1) is 0 Å². The van der Waals surface area contributed by atoms with Crippen LogP contribution in [0.1, 0.15) is 19.6 Å². The maximum atomic E-state index is 11.1. The van der Waals surface area contributed by atoms with Gasteiger partial charge in [0.2, 0.25) is 0 Å². The quantitative estimate of drug-likeness (QED) is 0.324. The fraction of sp³-hybridized carbons (Fsp3) is 0.286. The molecule has 0 amide bonds. The lowest BCUT2D eigenvalue weighted by Crippen LogP contribution is -2.59. The molecule has 1 saturated heterocycles. The van der Waals surface area contributed by atoms with Crippen LogP contribution in [0.15, 0.2) is 54.7 Å². The molecular formula is C28H26N4O3. The fourth-order valence-electron chi connectivity index (χ4n) is 7.20. The number of fused-ring (bicyclic) bond motifs is 13. The molecular weight excluding hydrogens is 440 g/mol. The lowest BCUT2D eigenvalue weighted by atomic mass is 9.93. The number of methoxy groups -OCH3 is 1. The Morgan fingerprint density at radius 2 is 1.71 bits per heavy atom. The monoisotopic (exact) mass is 466 g/mol. The number of rotatable bonds is 2. The molecule has 0 aliphatic carbocycles. The van der Waals surface area contributed by atoms with Crippen LogP contribution < -0.4 is 5.32 Å². The Balaban J connectivity index is 1.75. The molecule has 1 fully saturated rings. The molecule has 2 aliphatic rings. The SMILES string of the molecule is CN[C@@H]1C[C@@H]2O[C@](C)([C@@H]1OC)n1c3ccccc3c3c4c[nH]c(O)c4c4c5ccccc5n2c4c31. The second-order valence-corrected chi connectivity index (χ2v) is 10.0. The van der Waals surface area contributed by atoms with Gasteiger partial charge in [0, 0.05) is 52.7 Å². The molecule has 3 N–H and O–H groups in total. The summed E-state index contributed by atoms with van der Waals surface area (Å²) in [6.07, 6.45) is 2.29. The van der Waals surface area contributed by atoms with Gasteiger partial charge in [-0.3, -0.25) is 0 Å². The van der Waals surface area contributed by atoms with Crippen molar-refractivity contribution in [2.24, 2.45) is 0 Å². The molecule has 3 aromatic carbocycles. The number of aromatic amines is 1. The Labute approximate surface area is 200 Å². The van der Waals surface area contributed by atoms with E-state index in [4.69, 9.17) is 9.47 Å². The summed E-state index contributed by atoms with van der Waals surface area (Å²) in [4.78, 5) is 3.11. The van der Waals surface area contributed by atoms with Crippen LogP contribution in [0, 0.1) is 0 Å². The Morgan fingerprint density at radius 1 is 1.00 bits per heavy atom. The van der Waals surface area contributed by atoms with Crippen molar-refractivity contribution in [3.63, 3.8) is 0 Å². The number of aromatic hydroxyl groups is 1. The highest BCUT2D eigenvalue weighted by atomic mass is 16.6. The molecule has 0 spiro atoms. The summed E-state index contributed by atoms with van der Waals surface area (Å²) >= 11 is 0. The van der Waals surface area contributed by atoms with Crippen LogP contribution >= 0.6 is 0 Å². The highest BCUT2D eigenvalue weighted by Crippen LogP contribution is 2.54. The number of hydrogen-bond acceptors (Lipinski definition) is 4. The first-order valence-corrected chi connectivity index (χ1v) is 12.1. The van der Waals surface area contributed by atoms with Gasteiger partial charge in [-0.2, -0.15) is 0 Å². The highest BCUT2D eigenvalue weighted by Gasteiger charge is 2.52. The minimum absolute atomic E-state index is 0.0885. The van der Waals surface area contributed by atoms with E-state index >= 15 is 0 Å². The third-order valence-corrected chi connectivity index (χ3v) is 8.47. The average molecular weight is 467 g/mol. The third kappa shape index (κ3) is 2.10. The van der Waals surface area contributed by atoms with E-state index in [9.17, 15) is 5.11 Å². The van der Waals surface area contributed by atoms with Crippen LogP contribution in [0.4, 0.5) is 0 Å². The largest absolute Gasteiger partial charge is 0.494 e. The zero-order valence-electron chi connectivity index (χ0n) is 19.8. The van der Waals surface area contributed by atoms with E-state index in [1.807, 2.05) is 13.2 Å². The van der Waals surface area contributed by atoms with E-state index in [1.54, 1.807) is 7.11 Å². The molecule has 7 nitrogen and oxygen atoms in total. The predicted molar refractivity (Wildman–Crippen MR) is 138 cm³/mol. The molecule has 2 aliphatic heterocycles. The maximum Gasteiger partial charge on any atom is 0.197 e. The summed E-state index contributed by atoms with van der Waals surface area (Å²) < 4.78 is 18.0. The number of ether oxygens (including phenoxy) is 2. The Hall–Kier alpha value is -3.52. The van der Waals surface area contributed by atoms with E-state index in [-0.39, 0.29) is 24.3 Å². The molecule has 2 bridgehead atoms. The second kappa shape index (κ2) is 6.37. The number of hydrogen-bond donors (Lipinski definition) is 3. The van der Waals surface area contributed by atoms with Crippen molar-refractivity contribution >= 4 is 54.4 Å². The zero-order chi connectivity index (χ0) is 23.6. The Bertz CT molecular complexity index is 1840. The number of nitrogens with zero attached hydrogens (tertiary/aromatic N) is 2. The smallest absolute Gasteiger partial charge is 0.197 e. The summed E-state index contributed by atoms with van der Waals surface area (Å²) in [5.74, 6) is 0.198. The van der Waals surface area contributed by atoms with Gasteiger partial charge in [-0.25, -0.2) is 0 Å². The third-order valence-electron chi connectivity index (χ3n) is 8.47. The highest BCUT2D eigenvalue weighted by molar-refractivity contribution is 6.36. The number of para-hydroxylation sites is 2. The van der Waals surface area contributed by atoms with Crippen LogP contribution in [-0.4, -0.2) is 45.5 Å². The van der Waals surface area contributed by atoms with Crippen LogP contribution in [0.5, 0.6) is 5.88 Å². The van der Waals surface area contributed by atoms with Crippen molar-refractivity contribution in [3.8, 4) is 5.88 Å². The van der Waals surface area contributed by atoms with Gasteiger partial charge >= 0.3 is 0 Å². The Morgan fingerprint density at radius 3 is 2.46 bits per heavy atom. The molecule has 4 atom stereocenters. The minimum atomic E-state index is -0.758. The molecule has 5 heterocycles. The van der Waals surface area contributed by atoms with Crippen molar-refractivity contribution < 1.29 is 14.6 Å². The van der Waals surface area contributed by atoms with Crippen LogP contribution in [0.2, 0.25) is 0 Å². The number of likely N-dealkylation sites (N-methyl/N-ethyl adjacent to an activating group) is 1. The van der Waals surface area contributed by atoms with E-state index < -0.39 is 5.72 Å². The first-order chi connectivity index (χ1) is 17.1. The normalized spacial score (nSPS) is 26.1. The van der Waals surface area contributed by atoms with E-state index in [0.717, 1.165) is 60.8 Å². The molecule has 0 radical (unpaired) electrons. The van der Waals surface area contributed by atoms with Gasteiger partial charge in [0.05, 0.1) is 27.5 Å². The lowest BCUT2D eigenvalue weighted by Gasteiger charge is -2.48.